The lowest BCUT2D eigenvalue weighted by atomic mass is 10.2. The molecule has 0 spiro atoms. The molecular weight excluding hydrogens is 354 g/mol. The number of hydrogen-bond acceptors (Lipinski definition) is 4. The summed E-state index contributed by atoms with van der Waals surface area (Å²) in [5.41, 5.74) is 1.21. The lowest BCUT2D eigenvalue weighted by Gasteiger charge is -2.09. The standard InChI is InChI=1S/C19H18ClN3O3/c1-13(24)12-16-17(20)18(23(22-16)14-8-4-2-5-9-14)21-19(25)26-15-10-6-3-7-11-15/h2-11,13,24H,12H2,1H3,(H,21,25)/t13-/m0/s1. The van der Waals surface area contributed by atoms with E-state index in [1.807, 2.05) is 36.4 Å². The van der Waals surface area contributed by atoms with Gasteiger partial charge in [0.05, 0.1) is 17.5 Å². The molecule has 2 N–H and O–H groups in total. The number of carbonyl (C=O) groups excluding carboxylic acids is 1. The highest BCUT2D eigenvalue weighted by Gasteiger charge is 2.21. The van der Waals surface area contributed by atoms with E-state index in [-0.39, 0.29) is 17.3 Å². The highest BCUT2D eigenvalue weighted by atomic mass is 35.5. The Morgan fingerprint density at radius 1 is 1.19 bits per heavy atom. The number of rotatable bonds is 5. The second-order valence-electron chi connectivity index (χ2n) is 5.74. The first-order valence-corrected chi connectivity index (χ1v) is 8.47. The first kappa shape index (κ1) is 18.0. The molecule has 3 aromatic rings. The van der Waals surface area contributed by atoms with Crippen molar-refractivity contribution < 1.29 is 14.6 Å². The van der Waals surface area contributed by atoms with Gasteiger partial charge >= 0.3 is 6.09 Å². The molecule has 0 fully saturated rings. The Morgan fingerprint density at radius 2 is 1.81 bits per heavy atom. The third kappa shape index (κ3) is 4.22. The second kappa shape index (κ2) is 8.03. The first-order valence-electron chi connectivity index (χ1n) is 8.09. The number of para-hydroxylation sites is 2. The normalized spacial score (nSPS) is 11.8. The largest absolute Gasteiger partial charge is 0.418 e. The molecule has 26 heavy (non-hydrogen) atoms. The van der Waals surface area contributed by atoms with E-state index >= 15 is 0 Å². The van der Waals surface area contributed by atoms with Crippen molar-refractivity contribution in [2.75, 3.05) is 5.32 Å². The van der Waals surface area contributed by atoms with Gasteiger partial charge in [-0.25, -0.2) is 9.48 Å². The van der Waals surface area contributed by atoms with E-state index in [1.165, 1.54) is 4.68 Å². The number of aliphatic hydroxyl groups is 1. The van der Waals surface area contributed by atoms with Gasteiger partial charge in [0.15, 0.2) is 5.82 Å². The number of ether oxygens (including phenoxy) is 1. The Morgan fingerprint density at radius 3 is 2.42 bits per heavy atom. The zero-order valence-electron chi connectivity index (χ0n) is 14.1. The van der Waals surface area contributed by atoms with Gasteiger partial charge in [-0.2, -0.15) is 5.10 Å². The molecule has 1 atom stereocenters. The number of nitrogens with zero attached hydrogens (tertiary/aromatic N) is 2. The van der Waals surface area contributed by atoms with Crippen molar-refractivity contribution in [2.45, 2.75) is 19.4 Å². The number of carbonyl (C=O) groups is 1. The highest BCUT2D eigenvalue weighted by Crippen LogP contribution is 2.30. The van der Waals surface area contributed by atoms with E-state index in [4.69, 9.17) is 16.3 Å². The summed E-state index contributed by atoms with van der Waals surface area (Å²) in [4.78, 5) is 12.3. The predicted octanol–water partition coefficient (Wildman–Crippen LogP) is 4.06. The van der Waals surface area contributed by atoms with Crippen LogP contribution in [0.3, 0.4) is 0 Å². The number of aromatic nitrogens is 2. The van der Waals surface area contributed by atoms with E-state index in [0.717, 1.165) is 5.69 Å². The van der Waals surface area contributed by atoms with Crippen molar-refractivity contribution in [1.82, 2.24) is 9.78 Å². The number of nitrogens with one attached hydrogen (secondary N) is 1. The fraction of sp³-hybridized carbons (Fsp3) is 0.158. The monoisotopic (exact) mass is 371 g/mol. The summed E-state index contributed by atoms with van der Waals surface area (Å²) in [5.74, 6) is 0.700. The van der Waals surface area contributed by atoms with Gasteiger partial charge in [-0.3, -0.25) is 5.32 Å². The van der Waals surface area contributed by atoms with Gasteiger partial charge in [-0.1, -0.05) is 48.0 Å². The summed E-state index contributed by atoms with van der Waals surface area (Å²) in [6.07, 6.45) is -1.03. The molecule has 0 bridgehead atoms. The van der Waals surface area contributed by atoms with Crippen molar-refractivity contribution in [3.8, 4) is 11.4 Å². The maximum Gasteiger partial charge on any atom is 0.418 e. The Balaban J connectivity index is 1.91. The first-order chi connectivity index (χ1) is 12.5. The van der Waals surface area contributed by atoms with Crippen molar-refractivity contribution in [3.05, 3.63) is 71.4 Å². The lowest BCUT2D eigenvalue weighted by Crippen LogP contribution is -2.19. The molecule has 7 heteroatoms. The summed E-state index contributed by atoms with van der Waals surface area (Å²) in [6.45, 7) is 1.65. The zero-order valence-corrected chi connectivity index (χ0v) is 14.8. The van der Waals surface area contributed by atoms with Gasteiger partial charge < -0.3 is 9.84 Å². The summed E-state index contributed by atoms with van der Waals surface area (Å²) in [7, 11) is 0. The number of hydrogen-bond donors (Lipinski definition) is 2. The van der Waals surface area contributed by atoms with Crippen LogP contribution in [0, 0.1) is 0 Å². The quantitative estimate of drug-likeness (QED) is 0.709. The fourth-order valence-corrected chi connectivity index (χ4v) is 2.68. The molecule has 1 aromatic heterocycles. The Labute approximate surface area is 156 Å². The van der Waals surface area contributed by atoms with Crippen LogP contribution < -0.4 is 10.1 Å². The molecule has 0 unspecified atom stereocenters. The molecule has 0 saturated carbocycles. The number of aliphatic hydroxyl groups excluding tert-OH is 1. The van der Waals surface area contributed by atoms with Crippen molar-refractivity contribution in [2.24, 2.45) is 0 Å². The molecule has 0 saturated heterocycles. The average molecular weight is 372 g/mol. The van der Waals surface area contributed by atoms with E-state index < -0.39 is 12.2 Å². The van der Waals surface area contributed by atoms with Gasteiger partial charge in [0.25, 0.3) is 0 Å². The van der Waals surface area contributed by atoms with Crippen LogP contribution in [0.4, 0.5) is 10.6 Å². The molecule has 0 aliphatic carbocycles. The van der Waals surface area contributed by atoms with Crippen LogP contribution in [0.25, 0.3) is 5.69 Å². The van der Waals surface area contributed by atoms with Gasteiger partial charge in [0.1, 0.15) is 10.8 Å². The fourth-order valence-electron chi connectivity index (χ4n) is 2.44. The van der Waals surface area contributed by atoms with Crippen molar-refractivity contribution in [3.63, 3.8) is 0 Å². The van der Waals surface area contributed by atoms with Crippen LogP contribution in [0.2, 0.25) is 5.02 Å². The Kier molecular flexibility index (Phi) is 5.55. The van der Waals surface area contributed by atoms with E-state index in [1.54, 1.807) is 31.2 Å². The van der Waals surface area contributed by atoms with Crippen molar-refractivity contribution >= 4 is 23.5 Å². The molecule has 0 radical (unpaired) electrons. The smallest absolute Gasteiger partial charge is 0.410 e. The summed E-state index contributed by atoms with van der Waals surface area (Å²) >= 11 is 6.41. The maximum absolute atomic E-state index is 12.3. The molecule has 3 rings (SSSR count). The number of benzene rings is 2. The van der Waals surface area contributed by atoms with Crippen LogP contribution >= 0.6 is 11.6 Å². The van der Waals surface area contributed by atoms with E-state index in [9.17, 15) is 9.90 Å². The molecule has 0 aliphatic rings. The van der Waals surface area contributed by atoms with Gasteiger partial charge in [0, 0.05) is 6.42 Å². The van der Waals surface area contributed by atoms with E-state index in [2.05, 4.69) is 10.4 Å². The Bertz CT molecular complexity index is 880. The minimum atomic E-state index is -0.682. The molecular formula is C19H18ClN3O3. The summed E-state index contributed by atoms with van der Waals surface area (Å²) in [6, 6.07) is 18.0. The highest BCUT2D eigenvalue weighted by molar-refractivity contribution is 6.34. The van der Waals surface area contributed by atoms with Crippen LogP contribution in [0.5, 0.6) is 5.75 Å². The lowest BCUT2D eigenvalue weighted by molar-refractivity contribution is 0.194. The molecule has 0 aliphatic heterocycles. The molecule has 1 amide bonds. The van der Waals surface area contributed by atoms with Crippen LogP contribution in [0.15, 0.2) is 60.7 Å². The third-order valence-electron chi connectivity index (χ3n) is 3.56. The van der Waals surface area contributed by atoms with E-state index in [0.29, 0.717) is 11.4 Å². The second-order valence-corrected chi connectivity index (χ2v) is 6.12. The van der Waals surface area contributed by atoms with Crippen molar-refractivity contribution in [1.29, 1.82) is 0 Å². The predicted molar refractivity (Wildman–Crippen MR) is 100 cm³/mol. The number of anilines is 1. The van der Waals surface area contributed by atoms with Gasteiger partial charge in [-0.15, -0.1) is 0 Å². The zero-order chi connectivity index (χ0) is 18.5. The average Bonchev–Trinajstić information content (AvgIpc) is 2.92. The van der Waals surface area contributed by atoms with Crippen LogP contribution in [0.1, 0.15) is 12.6 Å². The summed E-state index contributed by atoms with van der Waals surface area (Å²) in [5, 5.41) is 17.0. The van der Waals surface area contributed by atoms with Crippen LogP contribution in [-0.2, 0) is 6.42 Å². The summed E-state index contributed by atoms with van der Waals surface area (Å²) < 4.78 is 6.78. The Hall–Kier alpha value is -2.83. The van der Waals surface area contributed by atoms with Crippen LogP contribution in [-0.4, -0.2) is 27.1 Å². The SMILES string of the molecule is C[C@H](O)Cc1nn(-c2ccccc2)c(NC(=O)Oc2ccccc2)c1Cl. The molecule has 2 aromatic carbocycles. The van der Waals surface area contributed by atoms with Gasteiger partial charge in [0.2, 0.25) is 0 Å². The van der Waals surface area contributed by atoms with Gasteiger partial charge in [-0.05, 0) is 31.2 Å². The molecule has 1 heterocycles. The number of amides is 1. The third-order valence-corrected chi connectivity index (χ3v) is 3.95. The minimum Gasteiger partial charge on any atom is -0.410 e. The molecule has 134 valence electrons. The minimum absolute atomic E-state index is 0.264. The topological polar surface area (TPSA) is 76.4 Å². The maximum atomic E-state index is 12.3. The molecule has 6 nitrogen and oxygen atoms in total. The number of halogens is 1.